The first kappa shape index (κ1) is 13.6. The van der Waals surface area contributed by atoms with Crippen LogP contribution >= 0.6 is 11.6 Å². The Balaban J connectivity index is 1.88. The van der Waals surface area contributed by atoms with Crippen molar-refractivity contribution in [1.29, 1.82) is 0 Å². The van der Waals surface area contributed by atoms with E-state index in [9.17, 15) is 8.78 Å². The lowest BCUT2D eigenvalue weighted by Gasteiger charge is -2.18. The molecule has 1 atom stereocenters. The van der Waals surface area contributed by atoms with Gasteiger partial charge in [0.05, 0.1) is 5.38 Å². The molecule has 0 saturated heterocycles. The summed E-state index contributed by atoms with van der Waals surface area (Å²) in [5, 5.41) is -0.429. The summed E-state index contributed by atoms with van der Waals surface area (Å²) in [6, 6.07) is 10.7. The lowest BCUT2D eigenvalue weighted by atomic mass is 9.94. The fourth-order valence-electron chi connectivity index (χ4n) is 2.94. The van der Waals surface area contributed by atoms with Crippen LogP contribution in [-0.2, 0) is 12.8 Å². The van der Waals surface area contributed by atoms with E-state index >= 15 is 0 Å². The molecule has 1 unspecified atom stereocenters. The minimum atomic E-state index is -0.552. The number of halogens is 3. The zero-order valence-corrected chi connectivity index (χ0v) is 11.9. The summed E-state index contributed by atoms with van der Waals surface area (Å²) < 4.78 is 27.3. The molecular weight excluding hydrogens is 278 g/mol. The molecule has 2 aromatic carbocycles. The molecule has 0 fully saturated rings. The van der Waals surface area contributed by atoms with Crippen molar-refractivity contribution < 1.29 is 8.78 Å². The highest BCUT2D eigenvalue weighted by Crippen LogP contribution is 2.40. The van der Waals surface area contributed by atoms with Gasteiger partial charge in [0.2, 0.25) is 0 Å². The molecule has 2 aromatic rings. The Morgan fingerprint density at radius 2 is 1.65 bits per heavy atom. The van der Waals surface area contributed by atoms with Gasteiger partial charge in [-0.2, -0.15) is 0 Å². The van der Waals surface area contributed by atoms with Gasteiger partial charge in [-0.05, 0) is 48.4 Å². The summed E-state index contributed by atoms with van der Waals surface area (Å²) in [7, 11) is 0. The van der Waals surface area contributed by atoms with E-state index in [1.54, 1.807) is 6.92 Å². The molecule has 0 nitrogen and oxygen atoms in total. The number of aryl methyl sites for hydroxylation is 1. The SMILES string of the molecule is Cc1cc(C(Cl)C2Cc3ccccc3C2)c(F)cc1F. The van der Waals surface area contributed by atoms with Crippen LogP contribution in [0.25, 0.3) is 0 Å². The summed E-state index contributed by atoms with van der Waals surface area (Å²) in [5.41, 5.74) is 3.40. The van der Waals surface area contributed by atoms with E-state index in [4.69, 9.17) is 11.6 Å². The first-order valence-electron chi connectivity index (χ1n) is 6.72. The third-order valence-electron chi connectivity index (χ3n) is 4.07. The lowest BCUT2D eigenvalue weighted by Crippen LogP contribution is -2.10. The first-order valence-corrected chi connectivity index (χ1v) is 7.16. The highest BCUT2D eigenvalue weighted by molar-refractivity contribution is 6.21. The number of hydrogen-bond donors (Lipinski definition) is 0. The van der Waals surface area contributed by atoms with E-state index in [1.807, 2.05) is 12.1 Å². The topological polar surface area (TPSA) is 0 Å². The Morgan fingerprint density at radius 3 is 2.25 bits per heavy atom. The van der Waals surface area contributed by atoms with Crippen LogP contribution in [0, 0.1) is 24.5 Å². The Bertz CT molecular complexity index is 626. The quantitative estimate of drug-likeness (QED) is 0.686. The van der Waals surface area contributed by atoms with E-state index in [-0.39, 0.29) is 5.92 Å². The van der Waals surface area contributed by atoms with Crippen LogP contribution in [-0.4, -0.2) is 0 Å². The predicted octanol–water partition coefficient (Wildman–Crippen LogP) is 4.97. The molecule has 1 aliphatic rings. The third kappa shape index (κ3) is 2.33. The zero-order chi connectivity index (χ0) is 14.3. The van der Waals surface area contributed by atoms with Crippen LogP contribution < -0.4 is 0 Å². The minimum Gasteiger partial charge on any atom is -0.207 e. The summed E-state index contributed by atoms with van der Waals surface area (Å²) >= 11 is 6.47. The molecule has 0 amide bonds. The van der Waals surface area contributed by atoms with Crippen molar-refractivity contribution in [3.63, 3.8) is 0 Å². The Hall–Kier alpha value is -1.41. The Kier molecular flexibility index (Phi) is 3.51. The van der Waals surface area contributed by atoms with Crippen molar-refractivity contribution in [2.75, 3.05) is 0 Å². The second kappa shape index (κ2) is 5.17. The number of fused-ring (bicyclic) bond motifs is 1. The third-order valence-corrected chi connectivity index (χ3v) is 4.66. The van der Waals surface area contributed by atoms with Gasteiger partial charge in [-0.1, -0.05) is 24.3 Å². The van der Waals surface area contributed by atoms with Crippen molar-refractivity contribution in [2.45, 2.75) is 25.1 Å². The average Bonchev–Trinajstić information content (AvgIpc) is 2.86. The number of hydrogen-bond acceptors (Lipinski definition) is 0. The van der Waals surface area contributed by atoms with Gasteiger partial charge in [-0.15, -0.1) is 11.6 Å². The molecule has 3 rings (SSSR count). The van der Waals surface area contributed by atoms with Gasteiger partial charge >= 0.3 is 0 Å². The maximum Gasteiger partial charge on any atom is 0.130 e. The van der Waals surface area contributed by atoms with Crippen LogP contribution in [0.2, 0.25) is 0 Å². The summed E-state index contributed by atoms with van der Waals surface area (Å²) in [6.07, 6.45) is 1.69. The van der Waals surface area contributed by atoms with Gasteiger partial charge in [0, 0.05) is 11.6 Å². The highest BCUT2D eigenvalue weighted by atomic mass is 35.5. The maximum absolute atomic E-state index is 13.9. The van der Waals surface area contributed by atoms with Crippen molar-refractivity contribution in [1.82, 2.24) is 0 Å². The van der Waals surface area contributed by atoms with Crippen LogP contribution in [0.4, 0.5) is 8.78 Å². The molecule has 3 heteroatoms. The minimum absolute atomic E-state index is 0.161. The fraction of sp³-hybridized carbons (Fsp3) is 0.294. The lowest BCUT2D eigenvalue weighted by molar-refractivity contribution is 0.506. The van der Waals surface area contributed by atoms with Crippen molar-refractivity contribution in [3.05, 3.63) is 70.3 Å². The molecule has 0 N–H and O–H groups in total. The van der Waals surface area contributed by atoms with Gasteiger partial charge in [-0.25, -0.2) is 8.78 Å². The number of alkyl halides is 1. The van der Waals surface area contributed by atoms with Gasteiger partial charge in [0.15, 0.2) is 0 Å². The van der Waals surface area contributed by atoms with E-state index in [0.717, 1.165) is 18.9 Å². The van der Waals surface area contributed by atoms with Gasteiger partial charge < -0.3 is 0 Å². The standard InChI is InChI=1S/C17H15ClF2/c1-10-6-14(16(20)9-15(10)19)17(18)13-7-11-4-2-3-5-12(11)8-13/h2-6,9,13,17H,7-8H2,1H3. The Labute approximate surface area is 122 Å². The monoisotopic (exact) mass is 292 g/mol. The summed E-state index contributed by atoms with van der Waals surface area (Å²) in [5.74, 6) is -0.915. The molecule has 0 aliphatic heterocycles. The summed E-state index contributed by atoms with van der Waals surface area (Å²) in [6.45, 7) is 1.63. The van der Waals surface area contributed by atoms with Crippen molar-refractivity contribution in [2.24, 2.45) is 5.92 Å². The van der Waals surface area contributed by atoms with E-state index < -0.39 is 17.0 Å². The maximum atomic E-state index is 13.9. The number of rotatable bonds is 2. The molecule has 20 heavy (non-hydrogen) atoms. The molecule has 0 aromatic heterocycles. The van der Waals surface area contributed by atoms with Gasteiger partial charge in [-0.3, -0.25) is 0 Å². The average molecular weight is 293 g/mol. The van der Waals surface area contributed by atoms with Crippen LogP contribution in [0.3, 0.4) is 0 Å². The normalized spacial score (nSPS) is 16.2. The van der Waals surface area contributed by atoms with Crippen LogP contribution in [0.5, 0.6) is 0 Å². The first-order chi connectivity index (χ1) is 9.56. The highest BCUT2D eigenvalue weighted by Gasteiger charge is 2.30. The van der Waals surface area contributed by atoms with Gasteiger partial charge in [0.25, 0.3) is 0 Å². The summed E-state index contributed by atoms with van der Waals surface area (Å²) in [4.78, 5) is 0. The van der Waals surface area contributed by atoms with E-state index in [1.165, 1.54) is 17.2 Å². The molecule has 0 radical (unpaired) electrons. The molecule has 0 saturated carbocycles. The van der Waals surface area contributed by atoms with Crippen molar-refractivity contribution in [3.8, 4) is 0 Å². The second-order valence-electron chi connectivity index (χ2n) is 5.46. The fourth-order valence-corrected chi connectivity index (χ4v) is 3.29. The molecule has 1 aliphatic carbocycles. The Morgan fingerprint density at radius 1 is 1.05 bits per heavy atom. The smallest absolute Gasteiger partial charge is 0.130 e. The molecule has 104 valence electrons. The largest absolute Gasteiger partial charge is 0.207 e. The van der Waals surface area contributed by atoms with Crippen LogP contribution in [0.15, 0.2) is 36.4 Å². The molecule has 0 heterocycles. The molecular formula is C17H15ClF2. The van der Waals surface area contributed by atoms with Crippen molar-refractivity contribution >= 4 is 11.6 Å². The molecule has 0 bridgehead atoms. The van der Waals surface area contributed by atoms with Gasteiger partial charge in [0.1, 0.15) is 11.6 Å². The zero-order valence-electron chi connectivity index (χ0n) is 11.2. The van der Waals surface area contributed by atoms with E-state index in [0.29, 0.717) is 11.1 Å². The molecule has 0 spiro atoms. The predicted molar refractivity (Wildman–Crippen MR) is 77.0 cm³/mol. The second-order valence-corrected chi connectivity index (χ2v) is 5.93. The number of benzene rings is 2. The van der Waals surface area contributed by atoms with Crippen LogP contribution in [0.1, 0.15) is 27.6 Å². The van der Waals surface area contributed by atoms with E-state index in [2.05, 4.69) is 12.1 Å².